The van der Waals surface area contributed by atoms with Crippen LogP contribution in [0.25, 0.3) is 0 Å². The maximum absolute atomic E-state index is 11.7. The lowest BCUT2D eigenvalue weighted by Gasteiger charge is -2.20. The summed E-state index contributed by atoms with van der Waals surface area (Å²) in [6, 6.07) is 9.13. The fraction of sp³-hybridized carbons (Fsp3) is 0.500. The fourth-order valence-electron chi connectivity index (χ4n) is 2.23. The number of carbonyl (C=O) groups is 1. The van der Waals surface area contributed by atoms with Crippen molar-refractivity contribution in [2.75, 3.05) is 6.61 Å². The van der Waals surface area contributed by atoms with E-state index >= 15 is 0 Å². The van der Waals surface area contributed by atoms with Gasteiger partial charge in [0.05, 0.1) is 6.61 Å². The Morgan fingerprint density at radius 2 is 1.88 bits per heavy atom. The molecule has 0 unspecified atom stereocenters. The molecule has 0 atom stereocenters. The van der Waals surface area contributed by atoms with Gasteiger partial charge in [0, 0.05) is 5.56 Å². The molecule has 0 saturated heterocycles. The highest BCUT2D eigenvalue weighted by Crippen LogP contribution is 2.23. The van der Waals surface area contributed by atoms with E-state index in [0.29, 0.717) is 18.1 Å². The molecule has 1 aliphatic carbocycles. The molecule has 0 aromatic heterocycles. The van der Waals surface area contributed by atoms with Gasteiger partial charge in [-0.05, 0) is 30.9 Å². The zero-order chi connectivity index (χ0) is 11.9. The molecule has 1 aromatic rings. The third-order valence-corrected chi connectivity index (χ3v) is 3.24. The highest BCUT2D eigenvalue weighted by atomic mass is 16.6. The first-order valence-electron chi connectivity index (χ1n) is 6.33. The molecule has 1 aromatic carbocycles. The number of carbonyl (C=O) groups excluding carboxylic acids is 1. The normalized spacial score (nSPS) is 16.7. The number of nitrogens with one attached hydrogen (secondary N) is 1. The van der Waals surface area contributed by atoms with Crippen LogP contribution in [-0.4, -0.2) is 12.5 Å². The number of hydrogen-bond acceptors (Lipinski definition) is 2. The zero-order valence-corrected chi connectivity index (χ0v) is 10.0. The second-order valence-corrected chi connectivity index (χ2v) is 4.61. The van der Waals surface area contributed by atoms with E-state index in [1.54, 1.807) is 12.1 Å². The Bertz CT molecular complexity index is 344. The van der Waals surface area contributed by atoms with Gasteiger partial charge in [-0.2, -0.15) is 0 Å². The summed E-state index contributed by atoms with van der Waals surface area (Å²) in [6.07, 6.45) is 6.37. The lowest BCUT2D eigenvalue weighted by Crippen LogP contribution is -2.27. The molecular weight excluding hydrogens is 214 g/mol. The summed E-state index contributed by atoms with van der Waals surface area (Å²) < 4.78 is 0. The second-order valence-electron chi connectivity index (χ2n) is 4.61. The van der Waals surface area contributed by atoms with Gasteiger partial charge < -0.3 is 0 Å². The minimum Gasteiger partial charge on any atom is -0.273 e. The maximum Gasteiger partial charge on any atom is 0.274 e. The van der Waals surface area contributed by atoms with Crippen LogP contribution in [0.3, 0.4) is 0 Å². The van der Waals surface area contributed by atoms with Crippen molar-refractivity contribution in [1.29, 1.82) is 0 Å². The van der Waals surface area contributed by atoms with Gasteiger partial charge in [-0.15, -0.1) is 0 Å². The quantitative estimate of drug-likeness (QED) is 0.812. The average molecular weight is 233 g/mol. The fourth-order valence-corrected chi connectivity index (χ4v) is 2.23. The Kier molecular flexibility index (Phi) is 4.56. The van der Waals surface area contributed by atoms with E-state index in [2.05, 4.69) is 5.48 Å². The van der Waals surface area contributed by atoms with E-state index in [4.69, 9.17) is 4.84 Å². The van der Waals surface area contributed by atoms with Gasteiger partial charge in [0.25, 0.3) is 5.91 Å². The van der Waals surface area contributed by atoms with Crippen molar-refractivity contribution in [3.8, 4) is 0 Å². The van der Waals surface area contributed by atoms with E-state index in [-0.39, 0.29) is 5.91 Å². The van der Waals surface area contributed by atoms with Crippen LogP contribution in [0.4, 0.5) is 0 Å². The largest absolute Gasteiger partial charge is 0.274 e. The second kappa shape index (κ2) is 6.40. The van der Waals surface area contributed by atoms with Gasteiger partial charge in [-0.1, -0.05) is 37.5 Å². The smallest absolute Gasteiger partial charge is 0.273 e. The van der Waals surface area contributed by atoms with Gasteiger partial charge in [-0.25, -0.2) is 5.48 Å². The standard InChI is InChI=1S/C14H19NO2/c16-14(13-9-5-2-6-10-13)15-17-11-12-7-3-1-4-8-12/h2,5-6,9-10,12H,1,3-4,7-8,11H2,(H,15,16). The van der Waals surface area contributed by atoms with Crippen molar-refractivity contribution >= 4 is 5.91 Å². The summed E-state index contributed by atoms with van der Waals surface area (Å²) in [5, 5.41) is 0. The molecule has 0 bridgehead atoms. The molecule has 1 saturated carbocycles. The molecule has 3 nitrogen and oxygen atoms in total. The summed E-state index contributed by atoms with van der Waals surface area (Å²) in [5.74, 6) is 0.446. The molecular formula is C14H19NO2. The molecule has 0 spiro atoms. The molecule has 1 aliphatic rings. The van der Waals surface area contributed by atoms with Crippen LogP contribution in [0.1, 0.15) is 42.5 Å². The van der Waals surface area contributed by atoms with Crippen LogP contribution in [0.15, 0.2) is 30.3 Å². The molecule has 2 rings (SSSR count). The molecule has 0 aliphatic heterocycles. The molecule has 92 valence electrons. The van der Waals surface area contributed by atoms with Crippen molar-refractivity contribution in [2.45, 2.75) is 32.1 Å². The topological polar surface area (TPSA) is 38.3 Å². The first kappa shape index (κ1) is 12.1. The zero-order valence-electron chi connectivity index (χ0n) is 10.0. The Morgan fingerprint density at radius 1 is 1.18 bits per heavy atom. The molecule has 17 heavy (non-hydrogen) atoms. The number of amides is 1. The monoisotopic (exact) mass is 233 g/mol. The van der Waals surface area contributed by atoms with Crippen molar-refractivity contribution in [1.82, 2.24) is 5.48 Å². The minimum absolute atomic E-state index is 0.165. The highest BCUT2D eigenvalue weighted by Gasteiger charge is 2.14. The summed E-state index contributed by atoms with van der Waals surface area (Å²) in [5.41, 5.74) is 3.14. The van der Waals surface area contributed by atoms with Crippen LogP contribution in [0.2, 0.25) is 0 Å². The predicted molar refractivity (Wildman–Crippen MR) is 66.4 cm³/mol. The van der Waals surface area contributed by atoms with Crippen molar-refractivity contribution in [3.05, 3.63) is 35.9 Å². The lowest BCUT2D eigenvalue weighted by molar-refractivity contribution is 0.0106. The van der Waals surface area contributed by atoms with E-state index in [0.717, 1.165) is 0 Å². The van der Waals surface area contributed by atoms with E-state index < -0.39 is 0 Å². The third kappa shape index (κ3) is 3.86. The van der Waals surface area contributed by atoms with Gasteiger partial charge >= 0.3 is 0 Å². The van der Waals surface area contributed by atoms with Gasteiger partial charge in [0.2, 0.25) is 0 Å². The minimum atomic E-state index is -0.165. The van der Waals surface area contributed by atoms with E-state index in [1.165, 1.54) is 32.1 Å². The third-order valence-electron chi connectivity index (χ3n) is 3.24. The van der Waals surface area contributed by atoms with Gasteiger partial charge in [0.15, 0.2) is 0 Å². The molecule has 0 radical (unpaired) electrons. The molecule has 0 heterocycles. The lowest BCUT2D eigenvalue weighted by atomic mass is 9.90. The molecule has 1 N–H and O–H groups in total. The highest BCUT2D eigenvalue weighted by molar-refractivity contribution is 5.93. The summed E-state index contributed by atoms with van der Waals surface area (Å²) >= 11 is 0. The first-order chi connectivity index (χ1) is 8.36. The van der Waals surface area contributed by atoms with Crippen LogP contribution in [-0.2, 0) is 4.84 Å². The van der Waals surface area contributed by atoms with Crippen molar-refractivity contribution < 1.29 is 9.63 Å². The van der Waals surface area contributed by atoms with E-state index in [9.17, 15) is 4.79 Å². The van der Waals surface area contributed by atoms with Crippen LogP contribution >= 0.6 is 0 Å². The Balaban J connectivity index is 1.69. The Hall–Kier alpha value is -1.35. The van der Waals surface area contributed by atoms with Crippen LogP contribution < -0.4 is 5.48 Å². The van der Waals surface area contributed by atoms with Crippen molar-refractivity contribution in [3.63, 3.8) is 0 Å². The van der Waals surface area contributed by atoms with Gasteiger partial charge in [-0.3, -0.25) is 9.63 Å². The molecule has 1 amide bonds. The summed E-state index contributed by atoms with van der Waals surface area (Å²) in [4.78, 5) is 16.9. The first-order valence-corrected chi connectivity index (χ1v) is 6.33. The number of hydrogen-bond donors (Lipinski definition) is 1. The predicted octanol–water partition coefficient (Wildman–Crippen LogP) is 2.93. The van der Waals surface area contributed by atoms with Gasteiger partial charge in [0.1, 0.15) is 0 Å². The van der Waals surface area contributed by atoms with Crippen LogP contribution in [0.5, 0.6) is 0 Å². The summed E-state index contributed by atoms with van der Waals surface area (Å²) in [7, 11) is 0. The van der Waals surface area contributed by atoms with Crippen LogP contribution in [0, 0.1) is 5.92 Å². The number of rotatable bonds is 4. The Morgan fingerprint density at radius 3 is 2.59 bits per heavy atom. The summed E-state index contributed by atoms with van der Waals surface area (Å²) in [6.45, 7) is 0.637. The van der Waals surface area contributed by atoms with Crippen molar-refractivity contribution in [2.24, 2.45) is 5.92 Å². The SMILES string of the molecule is O=C(NOCC1CCCCC1)c1ccccc1. The maximum atomic E-state index is 11.7. The average Bonchev–Trinajstić information content (AvgIpc) is 2.41. The number of hydroxylamine groups is 1. The Labute approximate surface area is 102 Å². The number of benzene rings is 1. The molecule has 3 heteroatoms. The van der Waals surface area contributed by atoms with E-state index in [1.807, 2.05) is 18.2 Å². The molecule has 1 fully saturated rings.